The third-order valence-corrected chi connectivity index (χ3v) is 4.94. The van der Waals surface area contributed by atoms with Gasteiger partial charge in [-0.3, -0.25) is 14.5 Å². The number of thioether (sulfide) groups is 1. The summed E-state index contributed by atoms with van der Waals surface area (Å²) in [5, 5.41) is -0.200. The van der Waals surface area contributed by atoms with Crippen molar-refractivity contribution in [2.24, 2.45) is 0 Å². The zero-order valence-corrected chi connectivity index (χ0v) is 14.6. The molecule has 0 spiro atoms. The van der Waals surface area contributed by atoms with Crippen molar-refractivity contribution in [3.8, 4) is 0 Å². The molecule has 1 heterocycles. The molecule has 23 heavy (non-hydrogen) atoms. The Hall–Kier alpha value is -1.85. The average Bonchev–Trinajstić information content (AvgIpc) is 2.82. The lowest BCUT2D eigenvalue weighted by atomic mass is 10.1. The van der Waals surface area contributed by atoms with E-state index in [2.05, 4.69) is 15.9 Å². The molecule has 1 aliphatic rings. The molecule has 3 rings (SSSR count). The molecule has 2 aromatic carbocycles. The summed E-state index contributed by atoms with van der Waals surface area (Å²) in [4.78, 5) is 26.3. The van der Waals surface area contributed by atoms with Gasteiger partial charge in [-0.05, 0) is 47.5 Å². The molecule has 2 aromatic rings. The summed E-state index contributed by atoms with van der Waals surface area (Å²) in [5.74, 6) is -0.209. The number of amides is 2. The topological polar surface area (TPSA) is 37.4 Å². The predicted octanol–water partition coefficient (Wildman–Crippen LogP) is 4.73. The van der Waals surface area contributed by atoms with Gasteiger partial charge in [-0.1, -0.05) is 58.4 Å². The van der Waals surface area contributed by atoms with E-state index in [1.165, 1.54) is 4.90 Å². The molecule has 5 heteroatoms. The molecule has 0 atom stereocenters. The molecule has 0 saturated carbocycles. The highest BCUT2D eigenvalue weighted by atomic mass is 79.9. The minimum absolute atomic E-state index is 0.200. The van der Waals surface area contributed by atoms with Crippen LogP contribution in [0.5, 0.6) is 0 Å². The van der Waals surface area contributed by atoms with Crippen molar-refractivity contribution < 1.29 is 9.59 Å². The van der Waals surface area contributed by atoms with Gasteiger partial charge in [0.05, 0.1) is 4.91 Å². The molecule has 0 radical (unpaired) electrons. The summed E-state index contributed by atoms with van der Waals surface area (Å²) in [6, 6.07) is 17.5. The van der Waals surface area contributed by atoms with Gasteiger partial charge in [0.1, 0.15) is 0 Å². The number of hydrogen-bond acceptors (Lipinski definition) is 3. The zero-order chi connectivity index (χ0) is 16.2. The smallest absolute Gasteiger partial charge is 0.268 e. The molecule has 3 nitrogen and oxygen atoms in total. The summed E-state index contributed by atoms with van der Waals surface area (Å²) < 4.78 is 0.977. The van der Waals surface area contributed by atoms with Crippen LogP contribution in [0.3, 0.4) is 0 Å². The normalized spacial score (nSPS) is 16.4. The van der Waals surface area contributed by atoms with E-state index >= 15 is 0 Å². The Kier molecular flexibility index (Phi) is 4.98. The molecular formula is C18H14BrNO2S. The van der Waals surface area contributed by atoms with Crippen LogP contribution in [0.2, 0.25) is 0 Å². The van der Waals surface area contributed by atoms with E-state index in [1.54, 1.807) is 6.08 Å². The van der Waals surface area contributed by atoms with E-state index in [0.29, 0.717) is 17.9 Å². The van der Waals surface area contributed by atoms with Crippen molar-refractivity contribution >= 4 is 44.9 Å². The van der Waals surface area contributed by atoms with Gasteiger partial charge < -0.3 is 0 Å². The Morgan fingerprint density at radius 2 is 1.70 bits per heavy atom. The van der Waals surface area contributed by atoms with Crippen LogP contribution < -0.4 is 0 Å². The number of benzene rings is 2. The average molecular weight is 388 g/mol. The lowest BCUT2D eigenvalue weighted by Crippen LogP contribution is -2.30. The third kappa shape index (κ3) is 3.92. The van der Waals surface area contributed by atoms with Gasteiger partial charge in [0.2, 0.25) is 0 Å². The number of imide groups is 1. The number of hydrogen-bond donors (Lipinski definition) is 0. The lowest BCUT2D eigenvalue weighted by molar-refractivity contribution is -0.122. The maximum Gasteiger partial charge on any atom is 0.293 e. The van der Waals surface area contributed by atoms with Crippen molar-refractivity contribution in [2.45, 2.75) is 6.42 Å². The van der Waals surface area contributed by atoms with Crippen LogP contribution >= 0.6 is 27.7 Å². The Bertz CT molecular complexity index is 756. The second-order valence-corrected chi connectivity index (χ2v) is 7.03. The van der Waals surface area contributed by atoms with E-state index < -0.39 is 0 Å². The molecular weight excluding hydrogens is 374 g/mol. The molecule has 0 unspecified atom stereocenters. The largest absolute Gasteiger partial charge is 0.293 e. The Balaban J connectivity index is 1.71. The van der Waals surface area contributed by atoms with E-state index in [9.17, 15) is 9.59 Å². The number of halogens is 1. The second-order valence-electron chi connectivity index (χ2n) is 5.12. The summed E-state index contributed by atoms with van der Waals surface area (Å²) in [7, 11) is 0. The number of nitrogens with zero attached hydrogens (tertiary/aromatic N) is 1. The first kappa shape index (κ1) is 16.0. The first-order chi connectivity index (χ1) is 11.1. The molecule has 2 amide bonds. The fourth-order valence-corrected chi connectivity index (χ4v) is 3.42. The summed E-state index contributed by atoms with van der Waals surface area (Å²) in [6.45, 7) is 0.409. The van der Waals surface area contributed by atoms with Crippen molar-refractivity contribution in [3.05, 3.63) is 75.1 Å². The van der Waals surface area contributed by atoms with Gasteiger partial charge in [-0.2, -0.15) is 0 Å². The molecule has 0 aromatic heterocycles. The quantitative estimate of drug-likeness (QED) is 0.711. The minimum atomic E-state index is -0.209. The first-order valence-corrected chi connectivity index (χ1v) is 8.79. The van der Waals surface area contributed by atoms with Crippen molar-refractivity contribution in [1.82, 2.24) is 4.90 Å². The standard InChI is InChI=1S/C18H14BrNO2S/c19-15-8-6-14(7-9-15)12-16-17(21)20(18(22)23-16)11-10-13-4-2-1-3-5-13/h1-9,12H,10-11H2/b16-12+. The summed E-state index contributed by atoms with van der Waals surface area (Å²) >= 11 is 4.38. The van der Waals surface area contributed by atoms with Crippen LogP contribution in [0.25, 0.3) is 6.08 Å². The van der Waals surface area contributed by atoms with Crippen molar-refractivity contribution in [2.75, 3.05) is 6.54 Å². The minimum Gasteiger partial charge on any atom is -0.268 e. The van der Waals surface area contributed by atoms with Crippen LogP contribution in [-0.4, -0.2) is 22.6 Å². The van der Waals surface area contributed by atoms with Gasteiger partial charge in [-0.15, -0.1) is 0 Å². The molecule has 116 valence electrons. The predicted molar refractivity (Wildman–Crippen MR) is 97.0 cm³/mol. The van der Waals surface area contributed by atoms with Crippen LogP contribution in [0.15, 0.2) is 64.0 Å². The van der Waals surface area contributed by atoms with Crippen molar-refractivity contribution in [3.63, 3.8) is 0 Å². The zero-order valence-electron chi connectivity index (χ0n) is 12.2. The van der Waals surface area contributed by atoms with E-state index in [-0.39, 0.29) is 11.1 Å². The summed E-state index contributed by atoms with van der Waals surface area (Å²) in [5.41, 5.74) is 2.02. The molecule has 1 aliphatic heterocycles. The van der Waals surface area contributed by atoms with Crippen LogP contribution in [0.1, 0.15) is 11.1 Å². The maximum atomic E-state index is 12.4. The highest BCUT2D eigenvalue weighted by Gasteiger charge is 2.34. The van der Waals surface area contributed by atoms with Gasteiger partial charge in [0, 0.05) is 11.0 Å². The number of carbonyl (C=O) groups excluding carboxylic acids is 2. The number of carbonyl (C=O) groups is 2. The van der Waals surface area contributed by atoms with Crippen molar-refractivity contribution in [1.29, 1.82) is 0 Å². The molecule has 0 N–H and O–H groups in total. The highest BCUT2D eigenvalue weighted by molar-refractivity contribution is 9.10. The van der Waals surface area contributed by atoms with E-state index in [1.807, 2.05) is 54.6 Å². The monoisotopic (exact) mass is 387 g/mol. The Morgan fingerprint density at radius 1 is 1.00 bits per heavy atom. The molecule has 1 fully saturated rings. The van der Waals surface area contributed by atoms with Gasteiger partial charge in [0.25, 0.3) is 11.1 Å². The Morgan fingerprint density at radius 3 is 2.39 bits per heavy atom. The third-order valence-electron chi connectivity index (χ3n) is 3.51. The highest BCUT2D eigenvalue weighted by Crippen LogP contribution is 2.32. The second kappa shape index (κ2) is 7.15. The van der Waals surface area contributed by atoms with E-state index in [0.717, 1.165) is 27.4 Å². The molecule has 1 saturated heterocycles. The Labute approximate surface area is 147 Å². The molecule has 0 bridgehead atoms. The van der Waals surface area contributed by atoms with Crippen LogP contribution in [0.4, 0.5) is 4.79 Å². The summed E-state index contributed by atoms with van der Waals surface area (Å²) in [6.07, 6.45) is 2.43. The van der Waals surface area contributed by atoms with Crippen LogP contribution in [0, 0.1) is 0 Å². The SMILES string of the molecule is O=C1S/C(=C/c2ccc(Br)cc2)C(=O)N1CCc1ccccc1. The first-order valence-electron chi connectivity index (χ1n) is 7.18. The number of rotatable bonds is 4. The van der Waals surface area contributed by atoms with Crippen LogP contribution in [-0.2, 0) is 11.2 Å². The van der Waals surface area contributed by atoms with E-state index in [4.69, 9.17) is 0 Å². The molecule has 0 aliphatic carbocycles. The van der Waals surface area contributed by atoms with Gasteiger partial charge in [-0.25, -0.2) is 0 Å². The fourth-order valence-electron chi connectivity index (χ4n) is 2.29. The van der Waals surface area contributed by atoms with Gasteiger partial charge >= 0.3 is 0 Å². The maximum absolute atomic E-state index is 12.4. The van der Waals surface area contributed by atoms with Gasteiger partial charge in [0.15, 0.2) is 0 Å². The fraction of sp³-hybridized carbons (Fsp3) is 0.111. The lowest BCUT2D eigenvalue weighted by Gasteiger charge is -2.12.